The topological polar surface area (TPSA) is 41.1 Å². The van der Waals surface area contributed by atoms with E-state index in [4.69, 9.17) is 23.7 Å². The van der Waals surface area contributed by atoms with Gasteiger partial charge in [-0.05, 0) is 108 Å². The fourth-order valence-corrected chi connectivity index (χ4v) is 8.81. The van der Waals surface area contributed by atoms with Gasteiger partial charge in [-0.15, -0.1) is 0 Å². The Balaban J connectivity index is 0.913. The van der Waals surface area contributed by atoms with Crippen molar-refractivity contribution in [2.24, 2.45) is 0 Å². The van der Waals surface area contributed by atoms with E-state index < -0.39 is 36.3 Å². The van der Waals surface area contributed by atoms with Crippen molar-refractivity contribution in [3.05, 3.63) is 267 Å². The molecule has 68 heavy (non-hydrogen) atoms. The van der Waals surface area contributed by atoms with Gasteiger partial charge in [-0.25, -0.2) is 9.97 Å². The second-order valence-electron chi connectivity index (χ2n) is 16.0. The van der Waals surface area contributed by atoms with Gasteiger partial charge < -0.3 is 9.80 Å². The lowest BCUT2D eigenvalue weighted by molar-refractivity contribution is 1.19. The third kappa shape index (κ3) is 7.56. The van der Waals surface area contributed by atoms with E-state index in [1.807, 2.05) is 215 Å². The second kappa shape index (κ2) is 17.6. The predicted molar refractivity (Wildman–Crippen MR) is 280 cm³/mol. The number of anilines is 6. The number of imidazole rings is 2. The van der Waals surface area contributed by atoms with Crippen molar-refractivity contribution in [2.75, 3.05) is 9.80 Å². The summed E-state index contributed by atoms with van der Waals surface area (Å²) in [6, 6.07) is 57.5. The average molecular weight is 883 g/mol. The zero-order valence-electron chi connectivity index (χ0n) is 46.3. The van der Waals surface area contributed by atoms with Crippen molar-refractivity contribution in [3.63, 3.8) is 0 Å². The number of hydrogen-bond acceptors (Lipinski definition) is 4. The number of benzene rings is 8. The minimum absolute atomic E-state index is 0.0145. The summed E-state index contributed by atoms with van der Waals surface area (Å²) in [5.74, 6) is 0. The van der Waals surface area contributed by atoms with Gasteiger partial charge in [-0.3, -0.25) is 8.80 Å². The monoisotopic (exact) mass is 882 g/mol. The molecule has 12 rings (SSSR count). The van der Waals surface area contributed by atoms with Gasteiger partial charge in [0, 0.05) is 68.8 Å². The molecule has 322 valence electrons. The molecule has 12 aromatic rings. The first-order chi connectivity index (χ1) is 37.9. The Kier molecular flexibility index (Phi) is 7.98. The van der Waals surface area contributed by atoms with Crippen LogP contribution in [0.1, 0.15) is 13.7 Å². The van der Waals surface area contributed by atoms with E-state index in [1.54, 1.807) is 9.80 Å². The van der Waals surface area contributed by atoms with Crippen molar-refractivity contribution in [2.45, 2.75) is 0 Å². The van der Waals surface area contributed by atoms with Crippen LogP contribution in [0.4, 0.5) is 34.1 Å². The van der Waals surface area contributed by atoms with Gasteiger partial charge >= 0.3 is 0 Å². The molecule has 0 atom stereocenters. The lowest BCUT2D eigenvalue weighted by Gasteiger charge is -2.26. The van der Waals surface area contributed by atoms with E-state index in [9.17, 15) is 0 Å². The van der Waals surface area contributed by atoms with Crippen molar-refractivity contribution in [1.82, 2.24) is 18.8 Å². The van der Waals surface area contributed by atoms with Crippen molar-refractivity contribution < 1.29 is 13.7 Å². The molecule has 0 unspecified atom stereocenters. The Morgan fingerprint density at radius 3 is 0.971 bits per heavy atom. The number of hydrogen-bond donors (Lipinski definition) is 0. The van der Waals surface area contributed by atoms with Crippen LogP contribution in [0.15, 0.2) is 267 Å². The predicted octanol–water partition coefficient (Wildman–Crippen LogP) is 16.3. The van der Waals surface area contributed by atoms with Crippen LogP contribution in [-0.4, -0.2) is 18.8 Å². The molecule has 4 aromatic heterocycles. The van der Waals surface area contributed by atoms with Crippen LogP contribution < -0.4 is 9.80 Å². The number of para-hydroxylation sites is 2. The van der Waals surface area contributed by atoms with E-state index in [2.05, 4.69) is 0 Å². The highest BCUT2D eigenvalue weighted by molar-refractivity contribution is 5.87. The van der Waals surface area contributed by atoms with Crippen LogP contribution in [0.5, 0.6) is 0 Å². The first-order valence-electron chi connectivity index (χ1n) is 27.1. The Morgan fingerprint density at radius 2 is 0.618 bits per heavy atom. The first-order valence-corrected chi connectivity index (χ1v) is 22.1. The maximum Gasteiger partial charge on any atom is 0.137 e. The smallest absolute Gasteiger partial charge is 0.137 e. The van der Waals surface area contributed by atoms with Gasteiger partial charge in [0.1, 0.15) is 11.3 Å². The molecule has 0 saturated heterocycles. The Labute approximate surface area is 409 Å². The van der Waals surface area contributed by atoms with Crippen LogP contribution >= 0.6 is 0 Å². The van der Waals surface area contributed by atoms with Crippen LogP contribution in [0, 0.1) is 0 Å². The van der Waals surface area contributed by atoms with Gasteiger partial charge in [0.25, 0.3) is 0 Å². The summed E-state index contributed by atoms with van der Waals surface area (Å²) in [5, 5.41) is 0. The van der Waals surface area contributed by atoms with Crippen molar-refractivity contribution in [1.29, 1.82) is 0 Å². The second-order valence-corrected chi connectivity index (χ2v) is 16.0. The third-order valence-electron chi connectivity index (χ3n) is 12.0. The van der Waals surface area contributed by atoms with Gasteiger partial charge in [-0.2, -0.15) is 0 Å². The average Bonchev–Trinajstić information content (AvgIpc) is 4.12. The zero-order valence-corrected chi connectivity index (χ0v) is 36.3. The molecule has 0 bridgehead atoms. The van der Waals surface area contributed by atoms with Crippen molar-refractivity contribution in [3.8, 4) is 56.2 Å². The van der Waals surface area contributed by atoms with Crippen LogP contribution in [0.3, 0.4) is 0 Å². The largest absolute Gasteiger partial charge is 0.311 e. The van der Waals surface area contributed by atoms with Gasteiger partial charge in [-0.1, -0.05) is 158 Å². The van der Waals surface area contributed by atoms with E-state index in [0.717, 1.165) is 67.5 Å². The number of aromatic nitrogens is 4. The number of nitrogens with zero attached hydrogens (tertiary/aromatic N) is 6. The Morgan fingerprint density at radius 1 is 0.294 bits per heavy atom. The van der Waals surface area contributed by atoms with E-state index >= 15 is 0 Å². The molecule has 0 aliphatic heterocycles. The normalized spacial score (nSPS) is 13.3. The molecular formula is C62H44N6. The summed E-state index contributed by atoms with van der Waals surface area (Å²) < 4.78 is 91.6. The molecule has 0 aliphatic rings. The number of pyridine rings is 2. The molecule has 0 amide bonds. The molecule has 0 saturated carbocycles. The molecule has 0 spiro atoms. The minimum atomic E-state index is -0.495. The fraction of sp³-hybridized carbons (Fsp3) is 0. The highest BCUT2D eigenvalue weighted by Gasteiger charge is 2.20. The summed E-state index contributed by atoms with van der Waals surface area (Å²) in [5.41, 5.74) is 12.3. The molecule has 0 radical (unpaired) electrons. The number of fused-ring (bicyclic) bond motifs is 2. The molecule has 8 aromatic carbocycles. The summed E-state index contributed by atoms with van der Waals surface area (Å²) >= 11 is 0. The van der Waals surface area contributed by atoms with E-state index in [1.165, 1.54) is 0 Å². The van der Waals surface area contributed by atoms with E-state index in [-0.39, 0.29) is 35.5 Å². The highest BCUT2D eigenvalue weighted by atomic mass is 15.1. The Hall–Kier alpha value is -9.26. The summed E-state index contributed by atoms with van der Waals surface area (Å²) in [6.07, 6.45) is 3.96. The van der Waals surface area contributed by atoms with Gasteiger partial charge in [0.2, 0.25) is 0 Å². The molecular weight excluding hydrogens is 829 g/mol. The molecule has 4 heterocycles. The SMILES string of the molecule is [2H]c1c([2H])c([2H])c(N(c2ccc(-c3ccc(N(c4ccc(-c5nc6ccccn6c5-c5ccccc5)cc4)c4c([2H])c([2H])c([2H])c([2H])c4[2H])cc3)cc2)c2ccc(-c3nc4ccccn4c3-c3ccccc3)cc2)c([2H])c1[2H]. The van der Waals surface area contributed by atoms with Crippen molar-refractivity contribution >= 4 is 45.4 Å². The maximum absolute atomic E-state index is 9.07. The quantitative estimate of drug-likeness (QED) is 0.130. The summed E-state index contributed by atoms with van der Waals surface area (Å²) in [7, 11) is 0. The van der Waals surface area contributed by atoms with Gasteiger partial charge in [0.05, 0.1) is 36.5 Å². The Bertz CT molecular complexity index is 3910. The molecule has 6 heteroatoms. The minimum Gasteiger partial charge on any atom is -0.311 e. The highest BCUT2D eigenvalue weighted by Crippen LogP contribution is 2.41. The van der Waals surface area contributed by atoms with Crippen LogP contribution in [0.2, 0.25) is 0 Å². The third-order valence-corrected chi connectivity index (χ3v) is 12.0. The first kappa shape index (κ1) is 30.8. The molecule has 0 aliphatic carbocycles. The molecule has 0 N–H and O–H groups in total. The lowest BCUT2D eigenvalue weighted by Crippen LogP contribution is -2.10. The van der Waals surface area contributed by atoms with Crippen LogP contribution in [0.25, 0.3) is 67.5 Å². The van der Waals surface area contributed by atoms with Gasteiger partial charge in [0.15, 0.2) is 0 Å². The standard InChI is InChI=1S/C62H44N6/c1-5-17-49(18-6-1)61-59(63-57-25-13-15-43-65(57)61)47-31-39-55(40-32-47)67(51-21-9-3-10-22-51)53-35-27-45(28-36-53)46-29-37-54(38-30-46)68(52-23-11-4-12-24-52)56-41-33-48(34-42-56)60-62(50-19-7-2-8-20-50)66-44-16-14-26-58(66)64-60/h1-44H/i3D,4D,9D,10D,11D,12D,21D,22D,23D,24D. The number of rotatable bonds is 11. The fourth-order valence-electron chi connectivity index (χ4n) is 8.81. The van der Waals surface area contributed by atoms with Crippen LogP contribution in [-0.2, 0) is 0 Å². The van der Waals surface area contributed by atoms with E-state index in [0.29, 0.717) is 22.7 Å². The zero-order chi connectivity index (χ0) is 53.9. The summed E-state index contributed by atoms with van der Waals surface area (Å²) in [4.78, 5) is 13.4. The molecule has 0 fully saturated rings. The molecule has 6 nitrogen and oxygen atoms in total. The maximum atomic E-state index is 9.07. The lowest BCUT2D eigenvalue weighted by atomic mass is 10.0. The summed E-state index contributed by atoms with van der Waals surface area (Å²) in [6.45, 7) is 0.